The summed E-state index contributed by atoms with van der Waals surface area (Å²) in [4.78, 5) is 6.14. The van der Waals surface area contributed by atoms with E-state index in [1.165, 1.54) is 6.07 Å². The minimum absolute atomic E-state index is 0.294. The standard InChI is InChI=1S/C15H20FN3O2/c1-10-5-6-11(7-12(10)16)14-17-13(21-18-14)8-19(4)9-15(2,3)20/h5-7,20H,8-9H2,1-4H3. The van der Waals surface area contributed by atoms with Gasteiger partial charge in [-0.3, -0.25) is 4.90 Å². The van der Waals surface area contributed by atoms with Gasteiger partial charge in [0.15, 0.2) is 0 Å². The van der Waals surface area contributed by atoms with E-state index in [0.717, 1.165) is 0 Å². The molecule has 0 amide bonds. The van der Waals surface area contributed by atoms with Crippen LogP contribution in [0.4, 0.5) is 4.39 Å². The first kappa shape index (κ1) is 15.6. The van der Waals surface area contributed by atoms with E-state index in [9.17, 15) is 9.50 Å². The Morgan fingerprint density at radius 1 is 1.38 bits per heavy atom. The van der Waals surface area contributed by atoms with Crippen molar-refractivity contribution in [1.29, 1.82) is 0 Å². The van der Waals surface area contributed by atoms with Crippen LogP contribution in [0.25, 0.3) is 11.4 Å². The molecule has 0 atom stereocenters. The molecule has 0 fully saturated rings. The summed E-state index contributed by atoms with van der Waals surface area (Å²) in [7, 11) is 1.85. The van der Waals surface area contributed by atoms with Crippen LogP contribution < -0.4 is 0 Å². The Hall–Kier alpha value is -1.79. The largest absolute Gasteiger partial charge is 0.389 e. The van der Waals surface area contributed by atoms with Crippen molar-refractivity contribution in [3.05, 3.63) is 35.5 Å². The molecule has 0 aliphatic carbocycles. The molecule has 1 heterocycles. The zero-order valence-electron chi connectivity index (χ0n) is 12.7. The molecule has 0 saturated heterocycles. The van der Waals surface area contributed by atoms with Gasteiger partial charge in [0.1, 0.15) is 5.82 Å². The smallest absolute Gasteiger partial charge is 0.241 e. The molecule has 2 aromatic rings. The highest BCUT2D eigenvalue weighted by molar-refractivity contribution is 5.54. The number of nitrogens with zero attached hydrogens (tertiary/aromatic N) is 3. The third-order valence-corrected chi connectivity index (χ3v) is 2.96. The van der Waals surface area contributed by atoms with Gasteiger partial charge in [-0.25, -0.2) is 4.39 Å². The minimum Gasteiger partial charge on any atom is -0.389 e. The maximum absolute atomic E-state index is 13.5. The molecule has 1 aromatic heterocycles. The number of aliphatic hydroxyl groups is 1. The number of aryl methyl sites for hydroxylation is 1. The zero-order valence-corrected chi connectivity index (χ0v) is 12.7. The number of aromatic nitrogens is 2. The summed E-state index contributed by atoms with van der Waals surface area (Å²) in [6.45, 7) is 6.07. The third kappa shape index (κ3) is 4.34. The lowest BCUT2D eigenvalue weighted by Crippen LogP contribution is -2.35. The lowest BCUT2D eigenvalue weighted by Gasteiger charge is -2.23. The fourth-order valence-corrected chi connectivity index (χ4v) is 2.12. The van der Waals surface area contributed by atoms with Crippen molar-refractivity contribution in [3.63, 3.8) is 0 Å². The molecule has 1 N–H and O–H groups in total. The van der Waals surface area contributed by atoms with Gasteiger partial charge in [-0.05, 0) is 39.4 Å². The molecule has 114 valence electrons. The molecule has 21 heavy (non-hydrogen) atoms. The molecule has 5 nitrogen and oxygen atoms in total. The second kappa shape index (κ2) is 5.91. The van der Waals surface area contributed by atoms with Crippen LogP contribution in [-0.2, 0) is 6.54 Å². The van der Waals surface area contributed by atoms with Crippen molar-refractivity contribution in [1.82, 2.24) is 15.0 Å². The molecule has 0 aliphatic heterocycles. The number of hydrogen-bond donors (Lipinski definition) is 1. The molecule has 0 unspecified atom stereocenters. The van der Waals surface area contributed by atoms with Crippen LogP contribution in [0.5, 0.6) is 0 Å². The van der Waals surface area contributed by atoms with E-state index >= 15 is 0 Å². The summed E-state index contributed by atoms with van der Waals surface area (Å²) >= 11 is 0. The third-order valence-electron chi connectivity index (χ3n) is 2.96. The first-order valence-electron chi connectivity index (χ1n) is 6.74. The van der Waals surface area contributed by atoms with Crippen LogP contribution in [0.1, 0.15) is 25.3 Å². The lowest BCUT2D eigenvalue weighted by atomic mass is 10.1. The van der Waals surface area contributed by atoms with E-state index in [1.54, 1.807) is 32.9 Å². The van der Waals surface area contributed by atoms with E-state index < -0.39 is 5.60 Å². The number of benzene rings is 1. The van der Waals surface area contributed by atoms with Gasteiger partial charge < -0.3 is 9.63 Å². The molecule has 0 spiro atoms. The zero-order chi connectivity index (χ0) is 15.6. The summed E-state index contributed by atoms with van der Waals surface area (Å²) in [5.41, 5.74) is 0.364. The van der Waals surface area contributed by atoms with E-state index in [0.29, 0.717) is 35.9 Å². The van der Waals surface area contributed by atoms with E-state index in [4.69, 9.17) is 4.52 Å². The molecule has 0 aliphatic rings. The van der Waals surface area contributed by atoms with Crippen LogP contribution in [-0.4, -0.2) is 39.3 Å². The van der Waals surface area contributed by atoms with Gasteiger partial charge in [-0.2, -0.15) is 4.98 Å². The topological polar surface area (TPSA) is 62.4 Å². The Morgan fingerprint density at radius 3 is 2.71 bits per heavy atom. The maximum Gasteiger partial charge on any atom is 0.241 e. The summed E-state index contributed by atoms with van der Waals surface area (Å²) in [5, 5.41) is 13.6. The molecule has 0 saturated carbocycles. The van der Waals surface area contributed by atoms with Crippen LogP contribution in [0, 0.1) is 12.7 Å². The fourth-order valence-electron chi connectivity index (χ4n) is 2.12. The van der Waals surface area contributed by atoms with Crippen molar-refractivity contribution in [2.24, 2.45) is 0 Å². The summed E-state index contributed by atoms with van der Waals surface area (Å²) < 4.78 is 18.7. The number of likely N-dealkylation sites (N-methyl/N-ethyl adjacent to an activating group) is 1. The lowest BCUT2D eigenvalue weighted by molar-refractivity contribution is 0.0397. The fraction of sp³-hybridized carbons (Fsp3) is 0.467. The minimum atomic E-state index is -0.794. The van der Waals surface area contributed by atoms with Crippen molar-refractivity contribution >= 4 is 0 Å². The van der Waals surface area contributed by atoms with Gasteiger partial charge >= 0.3 is 0 Å². The van der Waals surface area contributed by atoms with E-state index in [2.05, 4.69) is 10.1 Å². The van der Waals surface area contributed by atoms with Crippen LogP contribution in [0.2, 0.25) is 0 Å². The highest BCUT2D eigenvalue weighted by Crippen LogP contribution is 2.19. The Labute approximate surface area is 123 Å². The van der Waals surface area contributed by atoms with Gasteiger partial charge in [-0.15, -0.1) is 0 Å². The van der Waals surface area contributed by atoms with Crippen LogP contribution in [0.15, 0.2) is 22.7 Å². The predicted molar refractivity (Wildman–Crippen MR) is 77.1 cm³/mol. The summed E-state index contributed by atoms with van der Waals surface area (Å²) in [5.74, 6) is 0.497. The molecular weight excluding hydrogens is 273 g/mol. The van der Waals surface area contributed by atoms with Gasteiger partial charge in [0.2, 0.25) is 11.7 Å². The van der Waals surface area contributed by atoms with E-state index in [-0.39, 0.29) is 5.82 Å². The normalized spacial score (nSPS) is 12.1. The summed E-state index contributed by atoms with van der Waals surface area (Å²) in [6, 6.07) is 4.83. The number of rotatable bonds is 5. The Balaban J connectivity index is 2.09. The van der Waals surface area contributed by atoms with Gasteiger partial charge in [0.25, 0.3) is 0 Å². The second-order valence-electron chi connectivity index (χ2n) is 5.96. The quantitative estimate of drug-likeness (QED) is 0.917. The number of halogens is 1. The summed E-state index contributed by atoms with van der Waals surface area (Å²) in [6.07, 6.45) is 0. The van der Waals surface area contributed by atoms with Crippen LogP contribution in [0.3, 0.4) is 0 Å². The van der Waals surface area contributed by atoms with Crippen molar-refractivity contribution < 1.29 is 14.0 Å². The van der Waals surface area contributed by atoms with Crippen molar-refractivity contribution in [3.8, 4) is 11.4 Å². The van der Waals surface area contributed by atoms with Gasteiger partial charge in [0, 0.05) is 12.1 Å². The van der Waals surface area contributed by atoms with Crippen LogP contribution >= 0.6 is 0 Å². The highest BCUT2D eigenvalue weighted by Gasteiger charge is 2.18. The molecule has 6 heteroatoms. The molecule has 0 radical (unpaired) electrons. The molecule has 2 rings (SSSR count). The average molecular weight is 293 g/mol. The van der Waals surface area contributed by atoms with E-state index in [1.807, 2.05) is 11.9 Å². The second-order valence-corrected chi connectivity index (χ2v) is 5.96. The monoisotopic (exact) mass is 293 g/mol. The van der Waals surface area contributed by atoms with Gasteiger partial charge in [0.05, 0.1) is 12.1 Å². The van der Waals surface area contributed by atoms with Crippen molar-refractivity contribution in [2.45, 2.75) is 32.9 Å². The Kier molecular flexibility index (Phi) is 4.39. The average Bonchev–Trinajstić information content (AvgIpc) is 2.78. The first-order chi connectivity index (χ1) is 9.74. The predicted octanol–water partition coefficient (Wildman–Crippen LogP) is 2.39. The molecule has 1 aromatic carbocycles. The maximum atomic E-state index is 13.5. The van der Waals surface area contributed by atoms with Gasteiger partial charge in [-0.1, -0.05) is 17.3 Å². The first-order valence-corrected chi connectivity index (χ1v) is 6.74. The van der Waals surface area contributed by atoms with Crippen molar-refractivity contribution in [2.75, 3.05) is 13.6 Å². The SMILES string of the molecule is Cc1ccc(-c2noc(CN(C)CC(C)(C)O)n2)cc1F. The Bertz CT molecular complexity index is 620. The Morgan fingerprint density at radius 2 is 2.10 bits per heavy atom. The highest BCUT2D eigenvalue weighted by atomic mass is 19.1. The molecular formula is C15H20FN3O2. The number of hydrogen-bond acceptors (Lipinski definition) is 5. The molecule has 0 bridgehead atoms.